The van der Waals surface area contributed by atoms with Crippen LogP contribution in [0.3, 0.4) is 0 Å². The van der Waals surface area contributed by atoms with E-state index in [-0.39, 0.29) is 4.90 Å². The molecule has 3 unspecified atom stereocenters. The van der Waals surface area contributed by atoms with Crippen LogP contribution in [0, 0.1) is 5.41 Å². The van der Waals surface area contributed by atoms with Crippen molar-refractivity contribution in [3.05, 3.63) is 12.2 Å². The number of halogens is 6. The molecular formula is C18H23F6NO4. The number of amides is 2. The molecule has 0 aromatic rings. The first-order valence-corrected chi connectivity index (χ1v) is 8.71. The molecule has 11 heteroatoms. The topological polar surface area (TPSA) is 63.7 Å². The highest BCUT2D eigenvalue weighted by molar-refractivity contribution is 6.01. The minimum absolute atomic E-state index is 0.0505. The quantitative estimate of drug-likeness (QED) is 0.388. The lowest BCUT2D eigenvalue weighted by Crippen LogP contribution is -2.59. The van der Waals surface area contributed by atoms with Crippen molar-refractivity contribution < 1.29 is 45.5 Å². The fourth-order valence-corrected chi connectivity index (χ4v) is 2.71. The average molecular weight is 431 g/mol. The van der Waals surface area contributed by atoms with Crippen molar-refractivity contribution in [3.8, 4) is 0 Å². The molecule has 1 saturated carbocycles. The van der Waals surface area contributed by atoms with Crippen molar-refractivity contribution in [3.63, 3.8) is 0 Å². The van der Waals surface area contributed by atoms with Crippen LogP contribution in [0.5, 0.6) is 0 Å². The molecule has 1 rings (SSSR count). The van der Waals surface area contributed by atoms with E-state index in [9.17, 15) is 40.7 Å². The summed E-state index contributed by atoms with van der Waals surface area (Å²) in [4.78, 5) is 37.0. The van der Waals surface area contributed by atoms with Crippen LogP contribution >= 0.6 is 0 Å². The molecule has 1 aliphatic carbocycles. The lowest BCUT2D eigenvalue weighted by atomic mass is 9.86. The number of alkyl halides is 6. The summed E-state index contributed by atoms with van der Waals surface area (Å²) in [6.07, 6.45) is -17.9. The molecule has 0 aromatic carbocycles. The van der Waals surface area contributed by atoms with Crippen LogP contribution in [0.4, 0.5) is 26.3 Å². The molecule has 5 nitrogen and oxygen atoms in total. The molecule has 29 heavy (non-hydrogen) atoms. The van der Waals surface area contributed by atoms with Crippen LogP contribution in [0.25, 0.3) is 0 Å². The van der Waals surface area contributed by atoms with Crippen molar-refractivity contribution in [2.24, 2.45) is 5.41 Å². The number of hydrogen-bond donors (Lipinski definition) is 0. The van der Waals surface area contributed by atoms with E-state index in [1.54, 1.807) is 0 Å². The van der Waals surface area contributed by atoms with Gasteiger partial charge in [0.25, 0.3) is 12.0 Å². The fraction of sp³-hybridized carbons (Fsp3) is 0.722. The van der Waals surface area contributed by atoms with Crippen LogP contribution in [0.2, 0.25) is 0 Å². The van der Waals surface area contributed by atoms with E-state index in [1.807, 2.05) is 0 Å². The summed E-state index contributed by atoms with van der Waals surface area (Å²) in [5, 5.41) is 0. The van der Waals surface area contributed by atoms with Gasteiger partial charge in [0.15, 0.2) is 6.17 Å². The lowest BCUT2D eigenvalue weighted by molar-refractivity contribution is -0.224. The second-order valence-electron chi connectivity index (χ2n) is 7.97. The third-order valence-electron chi connectivity index (χ3n) is 4.24. The molecule has 2 amide bonds. The number of esters is 1. The summed E-state index contributed by atoms with van der Waals surface area (Å²) in [7, 11) is 0. The monoisotopic (exact) mass is 431 g/mol. The largest absolute Gasteiger partial charge is 0.439 e. The first-order valence-electron chi connectivity index (χ1n) is 8.71. The Balaban J connectivity index is 3.39. The first-order chi connectivity index (χ1) is 13.0. The van der Waals surface area contributed by atoms with Crippen molar-refractivity contribution >= 4 is 17.8 Å². The smallest absolute Gasteiger partial charge is 0.434 e. The fourth-order valence-electron chi connectivity index (χ4n) is 2.71. The Kier molecular flexibility index (Phi) is 7.53. The van der Waals surface area contributed by atoms with E-state index in [0.29, 0.717) is 0 Å². The van der Waals surface area contributed by atoms with E-state index in [0.717, 1.165) is 6.92 Å². The summed E-state index contributed by atoms with van der Waals surface area (Å²) in [5.74, 6) is -4.72. The van der Waals surface area contributed by atoms with Crippen molar-refractivity contribution in [2.45, 2.75) is 77.4 Å². The molecule has 1 aliphatic rings. The van der Waals surface area contributed by atoms with Crippen molar-refractivity contribution in [1.82, 2.24) is 4.90 Å². The molecule has 0 radical (unpaired) electrons. The Morgan fingerprint density at radius 1 is 1.03 bits per heavy atom. The lowest BCUT2D eigenvalue weighted by Gasteiger charge is -2.40. The predicted molar refractivity (Wildman–Crippen MR) is 89.8 cm³/mol. The van der Waals surface area contributed by atoms with E-state index in [4.69, 9.17) is 0 Å². The Hall–Kier alpha value is -2.07. The molecule has 0 bridgehead atoms. The van der Waals surface area contributed by atoms with Crippen LogP contribution < -0.4 is 0 Å². The van der Waals surface area contributed by atoms with E-state index in [1.165, 1.54) is 20.8 Å². The number of hydrogen-bond acceptors (Lipinski definition) is 4. The normalized spacial score (nSPS) is 26.4. The zero-order valence-corrected chi connectivity index (χ0v) is 16.4. The second-order valence-corrected chi connectivity index (χ2v) is 7.97. The van der Waals surface area contributed by atoms with E-state index >= 15 is 0 Å². The Morgan fingerprint density at radius 2 is 1.48 bits per heavy atom. The third-order valence-corrected chi connectivity index (χ3v) is 4.24. The molecule has 1 fully saturated rings. The summed E-state index contributed by atoms with van der Waals surface area (Å²) >= 11 is 0. The standard InChI is InChI=1S/C18H23F6NO4/c1-8(2)15(27)29-13(18(22,23)24)14(26)25(16(28)17(3,4)5)9-6-10(19)12(21)11(20)7-9/h9-13H,1,6-7H2,2-5H3. The average Bonchev–Trinajstić information content (AvgIpc) is 2.55. The van der Waals surface area contributed by atoms with Gasteiger partial charge in [-0.1, -0.05) is 27.4 Å². The molecule has 166 valence electrons. The van der Waals surface area contributed by atoms with E-state index in [2.05, 4.69) is 11.3 Å². The summed E-state index contributed by atoms with van der Waals surface area (Å²) in [6, 6.07) is -1.68. The highest BCUT2D eigenvalue weighted by atomic mass is 19.4. The summed E-state index contributed by atoms with van der Waals surface area (Å²) in [6.45, 7) is 7.99. The van der Waals surface area contributed by atoms with Crippen LogP contribution in [0.1, 0.15) is 40.5 Å². The Bertz CT molecular complexity index is 660. The Labute approximate surface area is 164 Å². The molecule has 0 spiro atoms. The van der Waals surface area contributed by atoms with E-state index < -0.39 is 78.5 Å². The van der Waals surface area contributed by atoms with Gasteiger partial charge in [-0.2, -0.15) is 13.2 Å². The third kappa shape index (κ3) is 5.96. The minimum Gasteiger partial charge on any atom is -0.439 e. The molecule has 3 atom stereocenters. The van der Waals surface area contributed by atoms with Gasteiger partial charge in [-0.15, -0.1) is 0 Å². The SMILES string of the molecule is C=C(C)C(=O)OC(C(=O)N(C(=O)C(C)(C)C)C1CC(F)C(F)C(F)C1)C(F)(F)F. The Morgan fingerprint density at radius 3 is 1.83 bits per heavy atom. The van der Waals surface area contributed by atoms with Gasteiger partial charge >= 0.3 is 12.1 Å². The van der Waals surface area contributed by atoms with Crippen LogP contribution in [-0.2, 0) is 19.1 Å². The van der Waals surface area contributed by atoms with Gasteiger partial charge in [0, 0.05) is 29.9 Å². The number of imide groups is 1. The molecule has 0 N–H and O–H groups in total. The zero-order valence-electron chi connectivity index (χ0n) is 16.4. The number of nitrogens with zero attached hydrogens (tertiary/aromatic N) is 1. The predicted octanol–water partition coefficient (Wildman–Crippen LogP) is 3.61. The number of rotatable bonds is 4. The number of carbonyl (C=O) groups is 3. The van der Waals surface area contributed by atoms with Crippen LogP contribution in [0.15, 0.2) is 12.2 Å². The van der Waals surface area contributed by atoms with Crippen LogP contribution in [-0.4, -0.2) is 59.5 Å². The van der Waals surface area contributed by atoms with Gasteiger partial charge in [0.05, 0.1) is 0 Å². The van der Waals surface area contributed by atoms with Crippen molar-refractivity contribution in [2.75, 3.05) is 0 Å². The zero-order chi connectivity index (χ0) is 22.9. The van der Waals surface area contributed by atoms with Gasteiger partial charge in [-0.3, -0.25) is 14.5 Å². The molecule has 0 heterocycles. The highest BCUT2D eigenvalue weighted by Crippen LogP contribution is 2.35. The van der Waals surface area contributed by atoms with Gasteiger partial charge in [-0.05, 0) is 6.92 Å². The number of ether oxygens (including phenoxy) is 1. The molecular weight excluding hydrogens is 408 g/mol. The van der Waals surface area contributed by atoms with Gasteiger partial charge in [-0.25, -0.2) is 18.0 Å². The second kappa shape index (κ2) is 8.74. The summed E-state index contributed by atoms with van der Waals surface area (Å²) < 4.78 is 85.6. The van der Waals surface area contributed by atoms with Crippen molar-refractivity contribution in [1.29, 1.82) is 0 Å². The van der Waals surface area contributed by atoms with Gasteiger partial charge in [0.1, 0.15) is 12.3 Å². The maximum atomic E-state index is 13.8. The maximum absolute atomic E-state index is 13.8. The molecule has 0 saturated heterocycles. The molecule has 0 aliphatic heterocycles. The van der Waals surface area contributed by atoms with Gasteiger partial charge in [0.2, 0.25) is 5.91 Å². The van der Waals surface area contributed by atoms with Gasteiger partial charge < -0.3 is 4.74 Å². The minimum atomic E-state index is -5.42. The molecule has 0 aromatic heterocycles. The first kappa shape index (κ1) is 25.0. The number of carbonyl (C=O) groups excluding carboxylic acids is 3. The summed E-state index contributed by atoms with van der Waals surface area (Å²) in [5.41, 5.74) is -1.86. The highest BCUT2D eigenvalue weighted by Gasteiger charge is 2.54. The maximum Gasteiger partial charge on any atom is 0.434 e.